The van der Waals surface area contributed by atoms with Crippen molar-refractivity contribution in [2.24, 2.45) is 0 Å². The summed E-state index contributed by atoms with van der Waals surface area (Å²) in [6.45, 7) is 6.21. The van der Waals surface area contributed by atoms with Gasteiger partial charge < -0.3 is 0 Å². The van der Waals surface area contributed by atoms with E-state index in [0.717, 1.165) is 10.2 Å². The van der Waals surface area contributed by atoms with Gasteiger partial charge in [-0.2, -0.15) is 0 Å². The molecular weight excluding hydrogens is 172 g/mol. The van der Waals surface area contributed by atoms with Crippen LogP contribution >= 0.6 is 11.6 Å². The van der Waals surface area contributed by atoms with Crippen LogP contribution in [0.25, 0.3) is 0 Å². The lowest BCUT2D eigenvalue weighted by atomic mass is 10.0. The molecule has 0 fully saturated rings. The standard InChI is InChI=1S/C9H10ClSi/c1-5-6(2)8(10)4-9(11)7(5)3/h4H,1-3H3. The molecule has 0 spiro atoms. The molecule has 0 aromatic heterocycles. The van der Waals surface area contributed by atoms with Gasteiger partial charge in [-0.05, 0) is 43.5 Å². The Bertz CT molecular complexity index is 266. The Hall–Kier alpha value is -0.273. The maximum Gasteiger partial charge on any atom is 0.0716 e. The number of hydrogen-bond donors (Lipinski definition) is 0. The van der Waals surface area contributed by atoms with Gasteiger partial charge in [0.1, 0.15) is 0 Å². The van der Waals surface area contributed by atoms with E-state index in [1.807, 2.05) is 13.0 Å². The van der Waals surface area contributed by atoms with E-state index in [-0.39, 0.29) is 0 Å². The van der Waals surface area contributed by atoms with Gasteiger partial charge in [0.2, 0.25) is 0 Å². The summed E-state index contributed by atoms with van der Waals surface area (Å²) >= 11 is 5.96. The summed E-state index contributed by atoms with van der Waals surface area (Å²) in [4.78, 5) is 0. The first-order valence-electron chi connectivity index (χ1n) is 3.52. The van der Waals surface area contributed by atoms with Crippen molar-refractivity contribution in [3.63, 3.8) is 0 Å². The lowest BCUT2D eigenvalue weighted by molar-refractivity contribution is 1.28. The highest BCUT2D eigenvalue weighted by atomic mass is 35.5. The molecule has 0 saturated carbocycles. The molecule has 0 aliphatic carbocycles. The number of rotatable bonds is 0. The molecule has 0 N–H and O–H groups in total. The predicted octanol–water partition coefficient (Wildman–Crippen LogP) is 2.06. The third kappa shape index (κ3) is 1.49. The van der Waals surface area contributed by atoms with Crippen molar-refractivity contribution >= 4 is 27.0 Å². The summed E-state index contributed by atoms with van der Waals surface area (Å²) in [5, 5.41) is 1.91. The smallest absolute Gasteiger partial charge is 0.0716 e. The molecule has 0 atom stereocenters. The fraction of sp³-hybridized carbons (Fsp3) is 0.333. The van der Waals surface area contributed by atoms with E-state index in [9.17, 15) is 0 Å². The summed E-state index contributed by atoms with van der Waals surface area (Å²) in [6.07, 6.45) is 0. The van der Waals surface area contributed by atoms with E-state index < -0.39 is 0 Å². The summed E-state index contributed by atoms with van der Waals surface area (Å²) in [5.74, 6) is 0. The Morgan fingerprint density at radius 1 is 1.09 bits per heavy atom. The molecule has 0 aliphatic heterocycles. The van der Waals surface area contributed by atoms with Gasteiger partial charge in [-0.15, -0.1) is 0 Å². The molecule has 1 aromatic carbocycles. The van der Waals surface area contributed by atoms with Crippen LogP contribution in [0.5, 0.6) is 0 Å². The van der Waals surface area contributed by atoms with Gasteiger partial charge in [-0.1, -0.05) is 16.8 Å². The molecule has 0 saturated heterocycles. The van der Waals surface area contributed by atoms with Crippen molar-refractivity contribution < 1.29 is 0 Å². The minimum atomic E-state index is 0.832. The molecule has 1 aromatic rings. The summed E-state index contributed by atoms with van der Waals surface area (Å²) < 4.78 is 0. The first kappa shape index (κ1) is 8.82. The molecular formula is C9H10ClSi. The van der Waals surface area contributed by atoms with Crippen molar-refractivity contribution in [2.45, 2.75) is 20.8 Å². The Kier molecular flexibility index (Phi) is 2.40. The molecule has 0 amide bonds. The normalized spacial score (nSPS) is 10.3. The van der Waals surface area contributed by atoms with Gasteiger partial charge >= 0.3 is 0 Å². The summed E-state index contributed by atoms with van der Waals surface area (Å²) in [6, 6.07) is 1.94. The van der Waals surface area contributed by atoms with Crippen molar-refractivity contribution in [1.82, 2.24) is 0 Å². The van der Waals surface area contributed by atoms with Crippen LogP contribution in [-0.2, 0) is 0 Å². The second-order valence-electron chi connectivity index (χ2n) is 2.78. The van der Waals surface area contributed by atoms with Gasteiger partial charge in [0.05, 0.1) is 10.2 Å². The third-order valence-corrected chi connectivity index (χ3v) is 3.07. The molecule has 1 rings (SSSR count). The molecule has 3 radical (unpaired) electrons. The van der Waals surface area contributed by atoms with Gasteiger partial charge in [0, 0.05) is 5.02 Å². The highest BCUT2D eigenvalue weighted by Gasteiger charge is 2.03. The molecule has 11 heavy (non-hydrogen) atoms. The first-order chi connectivity index (χ1) is 5.04. The summed E-state index contributed by atoms with van der Waals surface area (Å²) in [5.41, 5.74) is 3.71. The van der Waals surface area contributed by atoms with Gasteiger partial charge in [0.15, 0.2) is 0 Å². The van der Waals surface area contributed by atoms with E-state index >= 15 is 0 Å². The zero-order chi connectivity index (χ0) is 8.59. The number of halogens is 1. The zero-order valence-corrected chi connectivity index (χ0v) is 8.71. The fourth-order valence-electron chi connectivity index (χ4n) is 1.01. The average molecular weight is 182 g/mol. The number of hydrogen-bond acceptors (Lipinski definition) is 0. The lowest BCUT2D eigenvalue weighted by Crippen LogP contribution is -2.10. The number of benzene rings is 1. The van der Waals surface area contributed by atoms with E-state index in [1.54, 1.807) is 0 Å². The maximum atomic E-state index is 5.96. The van der Waals surface area contributed by atoms with Crippen LogP contribution < -0.4 is 5.19 Å². The largest absolute Gasteiger partial charge is 0.0840 e. The van der Waals surface area contributed by atoms with Gasteiger partial charge in [-0.25, -0.2) is 0 Å². The van der Waals surface area contributed by atoms with Crippen molar-refractivity contribution in [1.29, 1.82) is 0 Å². The lowest BCUT2D eigenvalue weighted by Gasteiger charge is -2.09. The molecule has 57 valence electrons. The van der Waals surface area contributed by atoms with Crippen LogP contribution in [0.15, 0.2) is 6.07 Å². The van der Waals surface area contributed by atoms with Crippen LogP contribution in [0.2, 0.25) is 5.02 Å². The Morgan fingerprint density at radius 3 is 2.18 bits per heavy atom. The highest BCUT2D eigenvalue weighted by molar-refractivity contribution is 6.37. The second-order valence-corrected chi connectivity index (χ2v) is 3.73. The second kappa shape index (κ2) is 3.00. The van der Waals surface area contributed by atoms with Crippen molar-refractivity contribution in [3.05, 3.63) is 27.8 Å². The van der Waals surface area contributed by atoms with Crippen LogP contribution in [0, 0.1) is 20.8 Å². The van der Waals surface area contributed by atoms with Crippen LogP contribution in [0.4, 0.5) is 0 Å². The molecule has 2 heteroatoms. The Morgan fingerprint density at radius 2 is 1.64 bits per heavy atom. The minimum Gasteiger partial charge on any atom is -0.0840 e. The van der Waals surface area contributed by atoms with Crippen LogP contribution in [0.1, 0.15) is 16.7 Å². The monoisotopic (exact) mass is 181 g/mol. The fourth-order valence-corrected chi connectivity index (χ4v) is 1.68. The first-order valence-corrected chi connectivity index (χ1v) is 4.39. The SMILES string of the molecule is Cc1c([Si])cc(Cl)c(C)c1C. The zero-order valence-electron chi connectivity index (χ0n) is 6.96. The molecule has 0 bridgehead atoms. The summed E-state index contributed by atoms with van der Waals surface area (Å²) in [7, 11) is 3.50. The van der Waals surface area contributed by atoms with E-state index in [1.165, 1.54) is 16.7 Å². The molecule has 0 unspecified atom stereocenters. The van der Waals surface area contributed by atoms with E-state index in [4.69, 9.17) is 11.6 Å². The van der Waals surface area contributed by atoms with E-state index in [2.05, 4.69) is 24.1 Å². The predicted molar refractivity (Wildman–Crippen MR) is 51.1 cm³/mol. The van der Waals surface area contributed by atoms with Crippen molar-refractivity contribution in [3.8, 4) is 0 Å². The topological polar surface area (TPSA) is 0 Å². The third-order valence-electron chi connectivity index (χ3n) is 2.16. The minimum absolute atomic E-state index is 0.832. The molecule has 0 aliphatic rings. The molecule has 0 heterocycles. The van der Waals surface area contributed by atoms with Gasteiger partial charge in [0.25, 0.3) is 0 Å². The van der Waals surface area contributed by atoms with Crippen LogP contribution in [0.3, 0.4) is 0 Å². The molecule has 0 nitrogen and oxygen atoms in total. The van der Waals surface area contributed by atoms with Crippen molar-refractivity contribution in [2.75, 3.05) is 0 Å². The van der Waals surface area contributed by atoms with E-state index in [0.29, 0.717) is 0 Å². The van der Waals surface area contributed by atoms with Crippen LogP contribution in [-0.4, -0.2) is 10.2 Å². The average Bonchev–Trinajstić information content (AvgIpc) is 1.97. The maximum absolute atomic E-state index is 5.96. The Labute approximate surface area is 76.0 Å². The quantitative estimate of drug-likeness (QED) is 0.538. The highest BCUT2D eigenvalue weighted by Crippen LogP contribution is 2.19. The van der Waals surface area contributed by atoms with Gasteiger partial charge in [-0.3, -0.25) is 0 Å². The Balaban J connectivity index is 3.46.